The molecule has 3 heterocycles. The molecule has 0 bridgehead atoms. The number of methoxy groups -OCH3 is 1. The van der Waals surface area contributed by atoms with Gasteiger partial charge < -0.3 is 29.3 Å². The first-order valence-electron chi connectivity index (χ1n) is 19.4. The number of anilines is 1. The third-order valence-electron chi connectivity index (χ3n) is 10.8. The summed E-state index contributed by atoms with van der Waals surface area (Å²) in [4.78, 5) is 38.5. The number of carbonyl (C=O) groups excluding carboxylic acids is 2. The van der Waals surface area contributed by atoms with Crippen LogP contribution in [0.25, 0.3) is 22.0 Å². The summed E-state index contributed by atoms with van der Waals surface area (Å²) in [6.45, 7) is 9.89. The Morgan fingerprint density at radius 2 is 1.60 bits per heavy atom. The zero-order valence-corrected chi connectivity index (χ0v) is 33.4. The van der Waals surface area contributed by atoms with Crippen molar-refractivity contribution in [2.75, 3.05) is 44.7 Å². The molecular formula is C43H48F3N7O5. The Bertz CT molecular complexity index is 2260. The van der Waals surface area contributed by atoms with Crippen LogP contribution in [-0.4, -0.2) is 82.1 Å². The largest absolute Gasteiger partial charge is 0.497 e. The van der Waals surface area contributed by atoms with Crippen LogP contribution in [-0.2, 0) is 11.3 Å². The highest BCUT2D eigenvalue weighted by molar-refractivity contribution is 5.94. The molecule has 5 aromatic rings. The lowest BCUT2D eigenvalue weighted by molar-refractivity contribution is 0.0240. The predicted octanol–water partition coefficient (Wildman–Crippen LogP) is 8.11. The van der Waals surface area contributed by atoms with Gasteiger partial charge in [-0.2, -0.15) is 9.49 Å². The third-order valence-corrected chi connectivity index (χ3v) is 10.8. The zero-order valence-electron chi connectivity index (χ0n) is 33.4. The fraction of sp³-hybridized carbons (Fsp3) is 0.419. The van der Waals surface area contributed by atoms with Crippen LogP contribution in [0, 0.1) is 22.9 Å². The molecular weight excluding hydrogens is 752 g/mol. The monoisotopic (exact) mass is 799 g/mol. The van der Waals surface area contributed by atoms with Crippen molar-refractivity contribution in [3.8, 4) is 22.6 Å². The molecule has 1 saturated heterocycles. The molecule has 0 radical (unpaired) electrons. The number of aromatic nitrogens is 4. The van der Waals surface area contributed by atoms with Crippen molar-refractivity contribution in [1.29, 1.82) is 0 Å². The normalized spacial score (nSPS) is 18.6. The molecule has 0 unspecified atom stereocenters. The second-order valence-corrected chi connectivity index (χ2v) is 16.3. The van der Waals surface area contributed by atoms with E-state index < -0.39 is 40.3 Å². The molecule has 15 heteroatoms. The maximum absolute atomic E-state index is 15.0. The highest BCUT2D eigenvalue weighted by atomic mass is 19.2. The van der Waals surface area contributed by atoms with Gasteiger partial charge in [-0.1, -0.05) is 31.2 Å². The van der Waals surface area contributed by atoms with E-state index in [0.717, 1.165) is 47.7 Å². The second-order valence-electron chi connectivity index (χ2n) is 16.3. The van der Waals surface area contributed by atoms with E-state index in [1.54, 1.807) is 41.6 Å². The van der Waals surface area contributed by atoms with Crippen LogP contribution in [0.2, 0.25) is 0 Å². The summed E-state index contributed by atoms with van der Waals surface area (Å²) < 4.78 is 62.8. The van der Waals surface area contributed by atoms with E-state index in [1.165, 1.54) is 7.11 Å². The molecule has 2 fully saturated rings. The molecule has 2 amide bonds. The number of amides is 2. The number of carbonyl (C=O) groups is 2. The van der Waals surface area contributed by atoms with Crippen LogP contribution >= 0.6 is 0 Å². The van der Waals surface area contributed by atoms with Crippen molar-refractivity contribution in [2.45, 2.75) is 71.6 Å². The topological polar surface area (TPSA) is 124 Å². The van der Waals surface area contributed by atoms with E-state index in [0.29, 0.717) is 49.5 Å². The quantitative estimate of drug-likeness (QED) is 0.140. The number of nitrogens with one attached hydrogen (secondary N) is 1. The van der Waals surface area contributed by atoms with Gasteiger partial charge >= 0.3 is 6.09 Å². The van der Waals surface area contributed by atoms with Gasteiger partial charge in [0.05, 0.1) is 24.2 Å². The number of hydrogen-bond donors (Lipinski definition) is 1. The van der Waals surface area contributed by atoms with Crippen LogP contribution in [0.3, 0.4) is 0 Å². The van der Waals surface area contributed by atoms with Crippen LogP contribution < -0.4 is 19.7 Å². The lowest BCUT2D eigenvalue weighted by atomic mass is 9.74. The van der Waals surface area contributed by atoms with E-state index in [4.69, 9.17) is 19.3 Å². The lowest BCUT2D eigenvalue weighted by Crippen LogP contribution is -2.50. The Morgan fingerprint density at radius 3 is 2.26 bits per heavy atom. The van der Waals surface area contributed by atoms with Crippen LogP contribution in [0.4, 0.5) is 23.9 Å². The number of fused-ring (bicyclic) bond motifs is 1. The van der Waals surface area contributed by atoms with E-state index >= 15 is 4.39 Å². The molecule has 1 aliphatic heterocycles. The van der Waals surface area contributed by atoms with Gasteiger partial charge in [0.2, 0.25) is 11.8 Å². The zero-order chi connectivity index (χ0) is 41.2. The van der Waals surface area contributed by atoms with Gasteiger partial charge in [-0.25, -0.2) is 23.5 Å². The van der Waals surface area contributed by atoms with Crippen molar-refractivity contribution >= 4 is 28.9 Å². The van der Waals surface area contributed by atoms with Crippen molar-refractivity contribution in [3.63, 3.8) is 0 Å². The molecule has 1 aliphatic carbocycles. The Kier molecular flexibility index (Phi) is 11.5. The predicted molar refractivity (Wildman–Crippen MR) is 212 cm³/mol. The lowest BCUT2D eigenvalue weighted by Gasteiger charge is -2.37. The minimum Gasteiger partial charge on any atom is -0.497 e. The van der Waals surface area contributed by atoms with E-state index in [9.17, 15) is 18.4 Å². The Hall–Kier alpha value is -5.86. The maximum atomic E-state index is 15.0. The SMILES string of the molecule is COc1ccc(COc2c(F)cc(C(=O)NCC3(C)CCC(n4cc5ccc(-c6cnc(N7CCN(C(=O)OC(C)(C)C)CC7)nc6)cc5n4)CC3)c(F)c2F)cc1. The van der Waals surface area contributed by atoms with Crippen molar-refractivity contribution in [1.82, 2.24) is 30.0 Å². The summed E-state index contributed by atoms with van der Waals surface area (Å²) in [7, 11) is 1.52. The standard InChI is InChI=1S/C43H48F3N7O5/c1-42(2,3)58-41(55)52-18-16-51(17-19-52)40-47-22-30(23-48-40)28-8-9-29-24-53(50-35(29)20-28)31-12-14-43(4,15-13-31)26-49-39(54)33-21-34(44)38(37(46)36(33)45)57-25-27-6-10-32(56-5)11-7-27/h6-11,20-24,31H,12-19,25-26H2,1-5H3,(H,49,54). The first-order chi connectivity index (χ1) is 27.7. The van der Waals surface area contributed by atoms with Crippen molar-refractivity contribution < 1.29 is 37.0 Å². The van der Waals surface area contributed by atoms with Gasteiger partial charge in [-0.05, 0) is 87.3 Å². The summed E-state index contributed by atoms with van der Waals surface area (Å²) in [5.74, 6) is -4.76. The van der Waals surface area contributed by atoms with E-state index in [-0.39, 0.29) is 30.7 Å². The maximum Gasteiger partial charge on any atom is 0.410 e. The number of piperazine rings is 1. The van der Waals surface area contributed by atoms with Gasteiger partial charge in [0.25, 0.3) is 5.91 Å². The number of ether oxygens (including phenoxy) is 3. The molecule has 7 rings (SSSR count). The molecule has 3 aromatic carbocycles. The van der Waals surface area contributed by atoms with Gasteiger partial charge in [-0.15, -0.1) is 0 Å². The molecule has 12 nitrogen and oxygen atoms in total. The number of halogens is 3. The molecule has 1 N–H and O–H groups in total. The fourth-order valence-electron chi connectivity index (χ4n) is 7.33. The van der Waals surface area contributed by atoms with Crippen LogP contribution in [0.15, 0.2) is 67.1 Å². The minimum absolute atomic E-state index is 0.143. The van der Waals surface area contributed by atoms with Gasteiger partial charge in [0, 0.05) is 62.3 Å². The van der Waals surface area contributed by atoms with Gasteiger partial charge in [0.15, 0.2) is 17.4 Å². The number of hydrogen-bond acceptors (Lipinski definition) is 9. The molecule has 58 heavy (non-hydrogen) atoms. The Labute approximate surface area is 335 Å². The number of benzene rings is 3. The minimum atomic E-state index is -1.56. The number of nitrogens with zero attached hydrogens (tertiary/aromatic N) is 6. The number of rotatable bonds is 10. The van der Waals surface area contributed by atoms with E-state index in [2.05, 4.69) is 20.2 Å². The summed E-state index contributed by atoms with van der Waals surface area (Å²) >= 11 is 0. The highest BCUT2D eigenvalue weighted by Crippen LogP contribution is 2.41. The summed E-state index contributed by atoms with van der Waals surface area (Å²) in [5.41, 5.74) is 1.68. The van der Waals surface area contributed by atoms with E-state index in [1.807, 2.05) is 56.8 Å². The van der Waals surface area contributed by atoms with Gasteiger partial charge in [0.1, 0.15) is 18.0 Å². The molecule has 0 atom stereocenters. The average molecular weight is 800 g/mol. The molecule has 306 valence electrons. The smallest absolute Gasteiger partial charge is 0.410 e. The summed E-state index contributed by atoms with van der Waals surface area (Å²) in [5, 5.41) is 8.63. The summed E-state index contributed by atoms with van der Waals surface area (Å²) in [6, 6.07) is 13.6. The van der Waals surface area contributed by atoms with Gasteiger partial charge in [-0.3, -0.25) is 9.48 Å². The average Bonchev–Trinajstić information content (AvgIpc) is 3.65. The molecule has 0 spiro atoms. The fourth-order valence-corrected chi connectivity index (χ4v) is 7.33. The van der Waals surface area contributed by atoms with Crippen molar-refractivity contribution in [3.05, 3.63) is 95.7 Å². The first-order valence-corrected chi connectivity index (χ1v) is 19.4. The van der Waals surface area contributed by atoms with Crippen LogP contribution in [0.1, 0.15) is 75.3 Å². The van der Waals surface area contributed by atoms with Crippen molar-refractivity contribution in [2.24, 2.45) is 5.41 Å². The first kappa shape index (κ1) is 40.3. The molecule has 2 aliphatic rings. The molecule has 2 aromatic heterocycles. The molecule has 1 saturated carbocycles. The Morgan fingerprint density at radius 1 is 0.914 bits per heavy atom. The van der Waals surface area contributed by atoms with Crippen LogP contribution in [0.5, 0.6) is 11.5 Å². The second kappa shape index (κ2) is 16.5. The highest BCUT2D eigenvalue weighted by Gasteiger charge is 2.34. The summed E-state index contributed by atoms with van der Waals surface area (Å²) in [6.07, 6.45) is 8.44. The Balaban J connectivity index is 0.912. The third kappa shape index (κ3) is 9.13.